The molecular formula is C26H34BrN5O3. The third kappa shape index (κ3) is 6.26. The van der Waals surface area contributed by atoms with E-state index in [2.05, 4.69) is 40.9 Å². The van der Waals surface area contributed by atoms with Crippen molar-refractivity contribution in [1.29, 1.82) is 0 Å². The fraction of sp³-hybridized carbons (Fsp3) is 0.538. The van der Waals surface area contributed by atoms with Gasteiger partial charge >= 0.3 is 0 Å². The number of hydrogen-bond donors (Lipinski definition) is 1. The van der Waals surface area contributed by atoms with Gasteiger partial charge in [0.1, 0.15) is 0 Å². The molecule has 1 N–H and O–H groups in total. The summed E-state index contributed by atoms with van der Waals surface area (Å²) in [5.74, 6) is -1.00. The summed E-state index contributed by atoms with van der Waals surface area (Å²) in [5.41, 5.74) is 3.02. The summed E-state index contributed by atoms with van der Waals surface area (Å²) >= 11 is 3.56. The van der Waals surface area contributed by atoms with E-state index in [0.29, 0.717) is 30.5 Å². The Morgan fingerprint density at radius 1 is 1.29 bits per heavy atom. The molecule has 1 atom stereocenters. The third-order valence-electron chi connectivity index (χ3n) is 6.65. The average molecular weight is 544 g/mol. The number of amides is 2. The molecular weight excluding hydrogens is 510 g/mol. The first-order valence-corrected chi connectivity index (χ1v) is 13.1. The average Bonchev–Trinajstić information content (AvgIpc) is 3.47. The van der Waals surface area contributed by atoms with Crippen LogP contribution in [0.25, 0.3) is 10.9 Å². The highest BCUT2D eigenvalue weighted by Crippen LogP contribution is 2.33. The minimum Gasteiger partial charge on any atom is -0.377 e. The molecule has 1 aliphatic carbocycles. The first kappa shape index (κ1) is 25.7. The number of rotatable bonds is 10. The van der Waals surface area contributed by atoms with Gasteiger partial charge in [-0.1, -0.05) is 28.8 Å². The minimum absolute atomic E-state index is 0.173. The van der Waals surface area contributed by atoms with Crippen molar-refractivity contribution >= 4 is 44.4 Å². The predicted octanol–water partition coefficient (Wildman–Crippen LogP) is 4.16. The van der Waals surface area contributed by atoms with Crippen LogP contribution >= 0.6 is 15.9 Å². The third-order valence-corrected chi connectivity index (χ3v) is 7.11. The number of ether oxygens (including phenoxy) is 1. The van der Waals surface area contributed by atoms with E-state index >= 15 is 0 Å². The van der Waals surface area contributed by atoms with Gasteiger partial charge in [-0.2, -0.15) is 5.10 Å². The van der Waals surface area contributed by atoms with Crippen LogP contribution in [0.5, 0.6) is 0 Å². The maximum atomic E-state index is 13.3. The second kappa shape index (κ2) is 11.6. The smallest absolute Gasteiger partial charge is 0.254 e. The molecule has 2 aromatic rings. The summed E-state index contributed by atoms with van der Waals surface area (Å²) < 4.78 is 8.72. The van der Waals surface area contributed by atoms with E-state index in [1.165, 1.54) is 12.8 Å². The van der Waals surface area contributed by atoms with Crippen molar-refractivity contribution in [1.82, 2.24) is 20.0 Å². The number of dihydropyridines is 1. The van der Waals surface area contributed by atoms with Crippen molar-refractivity contribution < 1.29 is 14.3 Å². The highest BCUT2D eigenvalue weighted by atomic mass is 79.9. The molecule has 2 aliphatic rings. The molecule has 0 spiro atoms. The molecule has 0 radical (unpaired) electrons. The largest absolute Gasteiger partial charge is 0.377 e. The van der Waals surface area contributed by atoms with Crippen LogP contribution in [0.1, 0.15) is 55.4 Å². The molecule has 1 unspecified atom stereocenters. The van der Waals surface area contributed by atoms with Crippen LogP contribution in [0.3, 0.4) is 0 Å². The summed E-state index contributed by atoms with van der Waals surface area (Å²) in [6, 6.07) is 4.21. The number of benzene rings is 1. The summed E-state index contributed by atoms with van der Waals surface area (Å²) in [7, 11) is 4.05. The fourth-order valence-electron chi connectivity index (χ4n) is 4.87. The second-order valence-corrected chi connectivity index (χ2v) is 10.6. The predicted molar refractivity (Wildman–Crippen MR) is 141 cm³/mol. The number of nitrogens with one attached hydrogen (secondary N) is 1. The van der Waals surface area contributed by atoms with Crippen LogP contribution in [-0.2, 0) is 9.53 Å². The van der Waals surface area contributed by atoms with E-state index in [0.717, 1.165) is 46.8 Å². The van der Waals surface area contributed by atoms with Crippen LogP contribution in [0, 0.1) is 5.92 Å². The summed E-state index contributed by atoms with van der Waals surface area (Å²) in [4.78, 5) is 32.2. The van der Waals surface area contributed by atoms with Crippen molar-refractivity contribution in [3.8, 4) is 0 Å². The van der Waals surface area contributed by atoms with Gasteiger partial charge in [-0.15, -0.1) is 0 Å². The van der Waals surface area contributed by atoms with Crippen LogP contribution < -0.4 is 5.32 Å². The van der Waals surface area contributed by atoms with E-state index < -0.39 is 5.92 Å². The lowest BCUT2D eigenvalue weighted by atomic mass is 9.94. The van der Waals surface area contributed by atoms with Crippen molar-refractivity contribution in [3.63, 3.8) is 0 Å². The Kier molecular flexibility index (Phi) is 8.51. The number of halogens is 1. The molecule has 188 valence electrons. The highest BCUT2D eigenvalue weighted by molar-refractivity contribution is 9.10. The molecule has 1 aliphatic heterocycles. The van der Waals surface area contributed by atoms with Crippen molar-refractivity contribution in [3.05, 3.63) is 40.0 Å². The van der Waals surface area contributed by atoms with Gasteiger partial charge < -0.3 is 15.0 Å². The van der Waals surface area contributed by atoms with Crippen LogP contribution in [0.15, 0.2) is 39.4 Å². The SMILES string of the molecule is CC1=NC(=O)C(CNC(=O)c2cc(Br)cc3c2cnn3C2CCCC2)C(COCCCN(C)C)=C1. The Morgan fingerprint density at radius 2 is 2.06 bits per heavy atom. The Balaban J connectivity index is 1.44. The summed E-state index contributed by atoms with van der Waals surface area (Å²) in [6.45, 7) is 3.88. The number of allylic oxidation sites excluding steroid dienone is 1. The number of aromatic nitrogens is 2. The Morgan fingerprint density at radius 3 is 2.80 bits per heavy atom. The Labute approximate surface area is 214 Å². The lowest BCUT2D eigenvalue weighted by Crippen LogP contribution is -2.36. The van der Waals surface area contributed by atoms with Crippen LogP contribution in [0.2, 0.25) is 0 Å². The second-order valence-electron chi connectivity index (χ2n) is 9.70. The lowest BCUT2D eigenvalue weighted by molar-refractivity contribution is -0.120. The van der Waals surface area contributed by atoms with Gasteiger partial charge in [0.2, 0.25) is 0 Å². The molecule has 2 amide bonds. The Bertz CT molecular complexity index is 1150. The van der Waals surface area contributed by atoms with E-state index in [9.17, 15) is 9.59 Å². The molecule has 2 heterocycles. The molecule has 1 fully saturated rings. The van der Waals surface area contributed by atoms with Gasteiger partial charge in [0.25, 0.3) is 11.8 Å². The molecule has 9 heteroatoms. The highest BCUT2D eigenvalue weighted by Gasteiger charge is 2.28. The number of carbonyl (C=O) groups is 2. The standard InChI is InChI=1S/C26H34BrN5O3/c1-17-11-18(16-35-10-6-9-31(2)3)22(26(34)30-17)14-28-25(33)21-12-19(27)13-24-23(21)15-29-32(24)20-7-4-5-8-20/h11-13,15,20,22H,4-10,14,16H2,1-3H3,(H,28,33). The number of fused-ring (bicyclic) bond motifs is 1. The minimum atomic E-state index is -0.527. The molecule has 0 bridgehead atoms. The number of aliphatic imine (C=N–C) groups is 1. The zero-order valence-electron chi connectivity index (χ0n) is 20.7. The van der Waals surface area contributed by atoms with E-state index in [1.54, 1.807) is 13.1 Å². The van der Waals surface area contributed by atoms with Crippen LogP contribution in [-0.4, -0.2) is 72.6 Å². The number of carbonyl (C=O) groups excluding carboxylic acids is 2. The van der Waals surface area contributed by atoms with E-state index in [4.69, 9.17) is 4.74 Å². The number of hydrogen-bond acceptors (Lipinski definition) is 5. The normalized spacial score (nSPS) is 18.9. The maximum absolute atomic E-state index is 13.3. The summed E-state index contributed by atoms with van der Waals surface area (Å²) in [5, 5.41) is 8.41. The van der Waals surface area contributed by atoms with Crippen molar-refractivity contribution in [2.45, 2.75) is 45.1 Å². The van der Waals surface area contributed by atoms with E-state index in [-0.39, 0.29) is 18.4 Å². The lowest BCUT2D eigenvalue weighted by Gasteiger charge is -2.22. The zero-order chi connectivity index (χ0) is 24.9. The van der Waals surface area contributed by atoms with Gasteiger partial charge in [-0.25, -0.2) is 4.99 Å². The topological polar surface area (TPSA) is 88.8 Å². The molecule has 1 aromatic carbocycles. The van der Waals surface area contributed by atoms with Crippen molar-refractivity contribution in [2.75, 3.05) is 40.4 Å². The Hall–Kier alpha value is -2.36. The van der Waals surface area contributed by atoms with Gasteiger partial charge in [0.15, 0.2) is 0 Å². The van der Waals surface area contributed by atoms with Gasteiger partial charge in [0.05, 0.1) is 35.8 Å². The van der Waals surface area contributed by atoms with Crippen LogP contribution in [0.4, 0.5) is 0 Å². The van der Waals surface area contributed by atoms with E-state index in [1.807, 2.05) is 32.3 Å². The molecule has 4 rings (SSSR count). The summed E-state index contributed by atoms with van der Waals surface area (Å²) in [6.07, 6.45) is 9.23. The number of nitrogens with zero attached hydrogens (tertiary/aromatic N) is 4. The molecule has 1 saturated carbocycles. The molecule has 0 saturated heterocycles. The molecule has 1 aromatic heterocycles. The first-order valence-electron chi connectivity index (χ1n) is 12.3. The quantitative estimate of drug-likeness (QED) is 0.454. The zero-order valence-corrected chi connectivity index (χ0v) is 22.3. The van der Waals surface area contributed by atoms with Crippen molar-refractivity contribution in [2.24, 2.45) is 10.9 Å². The monoisotopic (exact) mass is 543 g/mol. The molecule has 8 nitrogen and oxygen atoms in total. The molecule has 35 heavy (non-hydrogen) atoms. The van der Waals surface area contributed by atoms with Gasteiger partial charge in [-0.05, 0) is 70.6 Å². The maximum Gasteiger partial charge on any atom is 0.254 e. The fourth-order valence-corrected chi connectivity index (χ4v) is 5.32. The van der Waals surface area contributed by atoms with Gasteiger partial charge in [0, 0.05) is 28.7 Å². The van der Waals surface area contributed by atoms with Gasteiger partial charge in [-0.3, -0.25) is 14.3 Å². The first-order chi connectivity index (χ1) is 16.8.